The maximum absolute atomic E-state index is 2.71. The summed E-state index contributed by atoms with van der Waals surface area (Å²) < 4.78 is 0. The average Bonchev–Trinajstić information content (AvgIpc) is 3.92. The predicted molar refractivity (Wildman–Crippen MR) is 240 cm³/mol. The van der Waals surface area contributed by atoms with E-state index in [4.69, 9.17) is 0 Å². The van der Waals surface area contributed by atoms with Gasteiger partial charge < -0.3 is 4.90 Å². The third-order valence-corrected chi connectivity index (χ3v) is 18.0. The van der Waals surface area contributed by atoms with Crippen LogP contribution in [0.2, 0.25) is 0 Å². The highest BCUT2D eigenvalue weighted by Gasteiger charge is 2.84. The molecule has 6 unspecified atom stereocenters. The number of rotatable bonds is 4. The largest absolute Gasteiger partial charge is 0.310 e. The van der Waals surface area contributed by atoms with Crippen molar-refractivity contribution in [3.05, 3.63) is 161 Å². The second-order valence-corrected chi connectivity index (χ2v) is 21.6. The zero-order valence-corrected chi connectivity index (χ0v) is 35.1. The van der Waals surface area contributed by atoms with Crippen LogP contribution < -0.4 is 4.90 Å². The molecule has 4 fully saturated rings. The Bertz CT molecular complexity index is 2760. The highest BCUT2D eigenvalue weighted by molar-refractivity contribution is 5.93. The molecule has 0 amide bonds. The molecule has 6 atom stereocenters. The van der Waals surface area contributed by atoms with E-state index in [1.54, 1.807) is 11.1 Å². The molecule has 0 radical (unpaired) electrons. The Morgan fingerprint density at radius 1 is 0.466 bits per heavy atom. The van der Waals surface area contributed by atoms with E-state index >= 15 is 0 Å². The smallest absolute Gasteiger partial charge is 0.0465 e. The first-order valence-corrected chi connectivity index (χ1v) is 22.5. The number of benzene rings is 6. The van der Waals surface area contributed by atoms with Crippen LogP contribution in [0.4, 0.5) is 17.1 Å². The van der Waals surface area contributed by atoms with Crippen molar-refractivity contribution in [2.45, 2.75) is 102 Å². The summed E-state index contributed by atoms with van der Waals surface area (Å²) in [6.45, 7) is 14.7. The Kier molecular flexibility index (Phi) is 6.36. The highest BCUT2D eigenvalue weighted by Crippen LogP contribution is 2.90. The van der Waals surface area contributed by atoms with Gasteiger partial charge in [-0.05, 0) is 182 Å². The summed E-state index contributed by atoms with van der Waals surface area (Å²) in [6, 6.07) is 50.3. The molecule has 0 aliphatic heterocycles. The number of anilines is 3. The van der Waals surface area contributed by atoms with Crippen molar-refractivity contribution in [3.63, 3.8) is 0 Å². The second kappa shape index (κ2) is 10.8. The van der Waals surface area contributed by atoms with E-state index in [0.29, 0.717) is 5.41 Å². The topological polar surface area (TPSA) is 3.24 Å². The van der Waals surface area contributed by atoms with Gasteiger partial charge >= 0.3 is 0 Å². The zero-order valence-electron chi connectivity index (χ0n) is 35.1. The molecule has 1 nitrogen and oxygen atoms in total. The SMILES string of the molecule is CC1(C)CCC(C)(C)c2cc(N(c3ccc4c(c3)C(C)(C)c3ccccc3-4)c3ccc4c(c3)C3(c5c(-c6ccccc6)cccc5-4)C4CC5CC6CC3C64C5)ccc21. The molecule has 1 heteroatoms. The average molecular weight is 754 g/mol. The molecule has 0 aromatic heterocycles. The van der Waals surface area contributed by atoms with Crippen molar-refractivity contribution < 1.29 is 0 Å². The lowest BCUT2D eigenvalue weighted by Gasteiger charge is -2.76. The minimum Gasteiger partial charge on any atom is -0.310 e. The molecule has 2 spiro atoms. The monoisotopic (exact) mass is 753 g/mol. The minimum atomic E-state index is -0.0737. The van der Waals surface area contributed by atoms with Crippen LogP contribution in [-0.2, 0) is 21.7 Å². The van der Waals surface area contributed by atoms with Crippen molar-refractivity contribution in [2.24, 2.45) is 29.1 Å². The first kappa shape index (κ1) is 34.0. The first-order chi connectivity index (χ1) is 27.9. The Hall–Kier alpha value is -4.88. The van der Waals surface area contributed by atoms with Gasteiger partial charge in [0.1, 0.15) is 0 Å². The second-order valence-electron chi connectivity index (χ2n) is 21.6. The molecule has 7 aliphatic carbocycles. The van der Waals surface area contributed by atoms with Crippen LogP contribution >= 0.6 is 0 Å². The fourth-order valence-electron chi connectivity index (χ4n) is 15.4. The third kappa shape index (κ3) is 3.91. The van der Waals surface area contributed by atoms with E-state index in [0.717, 1.165) is 23.7 Å². The van der Waals surface area contributed by atoms with Crippen LogP contribution in [0.3, 0.4) is 0 Å². The van der Waals surface area contributed by atoms with Crippen molar-refractivity contribution in [2.75, 3.05) is 4.90 Å². The molecule has 13 rings (SSSR count). The van der Waals surface area contributed by atoms with Gasteiger partial charge in [-0.3, -0.25) is 0 Å². The lowest BCUT2D eigenvalue weighted by Crippen LogP contribution is -2.73. The van der Waals surface area contributed by atoms with Crippen molar-refractivity contribution in [1.82, 2.24) is 0 Å². The maximum atomic E-state index is 2.71. The summed E-state index contributed by atoms with van der Waals surface area (Å²) in [5.41, 5.74) is 22.4. The van der Waals surface area contributed by atoms with Gasteiger partial charge in [0.15, 0.2) is 0 Å². The van der Waals surface area contributed by atoms with Gasteiger partial charge in [-0.15, -0.1) is 0 Å². The van der Waals surface area contributed by atoms with Crippen LogP contribution in [0.5, 0.6) is 0 Å². The van der Waals surface area contributed by atoms with Gasteiger partial charge in [0, 0.05) is 27.9 Å². The van der Waals surface area contributed by atoms with Crippen LogP contribution in [0, 0.1) is 29.1 Å². The highest BCUT2D eigenvalue weighted by atomic mass is 15.1. The molecular weight excluding hydrogens is 699 g/mol. The summed E-state index contributed by atoms with van der Waals surface area (Å²) in [5, 5.41) is 0. The standard InChI is InChI=1S/C57H55N/c1-53(2)25-26-54(3,4)49-32-39(21-24-46(49)53)58(37-19-22-42-41-15-10-11-18-45(41)55(5,6)47(42)30-37)38-20-23-43-44-17-12-16-40(35-13-8-7-9-14-35)52(44)57(48(43)31-38)50-28-34-27-36-29-51(57)56(36,50)33-34/h7-24,30-32,34,36,50-51H,25-29,33H2,1-6H3. The number of fused-ring (bicyclic) bond motifs is 12. The lowest BCUT2D eigenvalue weighted by atomic mass is 9.26. The summed E-state index contributed by atoms with van der Waals surface area (Å²) in [5.74, 6) is 3.34. The van der Waals surface area contributed by atoms with Crippen LogP contribution in [0.25, 0.3) is 33.4 Å². The van der Waals surface area contributed by atoms with Gasteiger partial charge in [0.05, 0.1) is 0 Å². The number of nitrogens with zero attached hydrogens (tertiary/aromatic N) is 1. The van der Waals surface area contributed by atoms with E-state index in [1.165, 1.54) is 111 Å². The lowest BCUT2D eigenvalue weighted by molar-refractivity contribution is -0.231. The fourth-order valence-corrected chi connectivity index (χ4v) is 15.4. The summed E-state index contributed by atoms with van der Waals surface area (Å²) in [6.07, 6.45) is 8.20. The van der Waals surface area contributed by atoms with E-state index in [2.05, 4.69) is 174 Å². The molecule has 6 aromatic rings. The van der Waals surface area contributed by atoms with Crippen molar-refractivity contribution >= 4 is 17.1 Å². The number of hydrogen-bond donors (Lipinski definition) is 0. The first-order valence-electron chi connectivity index (χ1n) is 22.5. The minimum absolute atomic E-state index is 0.0737. The molecule has 0 N–H and O–H groups in total. The molecule has 4 saturated carbocycles. The molecule has 0 heterocycles. The molecule has 288 valence electrons. The molecular formula is C57H55N. The van der Waals surface area contributed by atoms with E-state index in [-0.39, 0.29) is 21.7 Å². The third-order valence-electron chi connectivity index (χ3n) is 18.0. The van der Waals surface area contributed by atoms with Gasteiger partial charge in [-0.1, -0.05) is 133 Å². The quantitative estimate of drug-likeness (QED) is 0.173. The van der Waals surface area contributed by atoms with Gasteiger partial charge in [0.25, 0.3) is 0 Å². The van der Waals surface area contributed by atoms with Crippen LogP contribution in [0.15, 0.2) is 127 Å². The summed E-state index contributed by atoms with van der Waals surface area (Å²) in [4.78, 5) is 2.64. The van der Waals surface area contributed by atoms with Gasteiger partial charge in [-0.25, -0.2) is 0 Å². The summed E-state index contributed by atoms with van der Waals surface area (Å²) >= 11 is 0. The Morgan fingerprint density at radius 3 is 1.81 bits per heavy atom. The summed E-state index contributed by atoms with van der Waals surface area (Å²) in [7, 11) is 0. The predicted octanol–water partition coefficient (Wildman–Crippen LogP) is 14.8. The maximum Gasteiger partial charge on any atom is 0.0465 e. The van der Waals surface area contributed by atoms with Crippen LogP contribution in [0.1, 0.15) is 113 Å². The number of hydrogen-bond acceptors (Lipinski definition) is 1. The molecule has 58 heavy (non-hydrogen) atoms. The van der Waals surface area contributed by atoms with E-state index in [9.17, 15) is 0 Å². The zero-order chi connectivity index (χ0) is 39.1. The van der Waals surface area contributed by atoms with E-state index in [1.807, 2.05) is 0 Å². The Labute approximate surface area is 345 Å². The van der Waals surface area contributed by atoms with Crippen molar-refractivity contribution in [1.29, 1.82) is 0 Å². The fraction of sp³-hybridized carbons (Fsp3) is 0.368. The molecule has 0 saturated heterocycles. The van der Waals surface area contributed by atoms with Crippen molar-refractivity contribution in [3.8, 4) is 33.4 Å². The molecule has 7 aliphatic rings. The van der Waals surface area contributed by atoms with Gasteiger partial charge in [0.2, 0.25) is 0 Å². The Morgan fingerprint density at radius 2 is 1.05 bits per heavy atom. The van der Waals surface area contributed by atoms with E-state index < -0.39 is 0 Å². The Balaban J connectivity index is 1.04. The van der Waals surface area contributed by atoms with Crippen LogP contribution in [-0.4, -0.2) is 0 Å². The normalized spacial score (nSPS) is 29.7. The molecule has 6 aromatic carbocycles. The van der Waals surface area contributed by atoms with Gasteiger partial charge in [-0.2, -0.15) is 0 Å². The molecule has 2 bridgehead atoms.